The van der Waals surface area contributed by atoms with Gasteiger partial charge in [-0.25, -0.2) is 0 Å². The molecule has 1 heterocycles. The third-order valence-corrected chi connectivity index (χ3v) is 8.73. The average Bonchev–Trinajstić information content (AvgIpc) is 3.22. The highest BCUT2D eigenvalue weighted by Crippen LogP contribution is 2.17. The largest absolute Gasteiger partial charge is 0.463 e. The molecule has 0 radical (unpaired) electrons. The van der Waals surface area contributed by atoms with Gasteiger partial charge in [-0.1, -0.05) is 6.92 Å². The second kappa shape index (κ2) is 41.7. The Balaban J connectivity index is 1.94. The first kappa shape index (κ1) is 53.9. The number of nitrogens with two attached hydrogens (primary N) is 1. The lowest BCUT2D eigenvalue weighted by Gasteiger charge is -2.37. The van der Waals surface area contributed by atoms with Gasteiger partial charge in [-0.2, -0.15) is 0 Å². The Morgan fingerprint density at radius 1 is 0.534 bits per heavy atom. The number of carbonyl (C=O) groups is 3. The van der Waals surface area contributed by atoms with Crippen molar-refractivity contribution >= 4 is 17.9 Å². The summed E-state index contributed by atoms with van der Waals surface area (Å²) in [5.41, 5.74) is 5.40. The molecule has 0 amide bonds. The molecule has 18 heteroatoms. The molecule has 3 N–H and O–H groups in total. The number of hydrogen-bond acceptors (Lipinski definition) is 18. The smallest absolute Gasteiger partial charge is 0.307 e. The molecule has 0 atom stereocenters. The summed E-state index contributed by atoms with van der Waals surface area (Å²) in [6.45, 7) is 15.1. The van der Waals surface area contributed by atoms with Crippen molar-refractivity contribution in [1.29, 1.82) is 0 Å². The molecule has 0 aromatic rings. The van der Waals surface area contributed by atoms with Crippen molar-refractivity contribution in [3.63, 3.8) is 0 Å². The highest BCUT2D eigenvalue weighted by molar-refractivity contribution is 5.70. The van der Waals surface area contributed by atoms with E-state index in [-0.39, 0.29) is 63.6 Å². The van der Waals surface area contributed by atoms with E-state index in [9.17, 15) is 14.4 Å². The highest BCUT2D eigenvalue weighted by atomic mass is 16.6. The van der Waals surface area contributed by atoms with Crippen molar-refractivity contribution in [1.82, 2.24) is 15.1 Å². The fourth-order valence-corrected chi connectivity index (χ4v) is 5.52. The van der Waals surface area contributed by atoms with Crippen LogP contribution in [-0.4, -0.2) is 212 Å². The van der Waals surface area contributed by atoms with E-state index in [2.05, 4.69) is 29.1 Å². The topological polar surface area (TPSA) is 197 Å². The molecule has 342 valence electrons. The molecule has 1 aliphatic heterocycles. The van der Waals surface area contributed by atoms with Gasteiger partial charge in [0.05, 0.1) is 105 Å². The molecule has 58 heavy (non-hydrogen) atoms. The lowest BCUT2D eigenvalue weighted by atomic mass is 10.0. The normalized spacial score (nSPS) is 13.7. The Bertz CT molecular complexity index is 949. The molecule has 0 saturated carbocycles. The summed E-state index contributed by atoms with van der Waals surface area (Å²) in [5.74, 6) is -0.850. The Hall–Kier alpha value is -2.07. The third kappa shape index (κ3) is 35.8. The quantitative estimate of drug-likeness (QED) is 0.0502. The number of nitrogens with one attached hydrogen (secondary N) is 1. The Morgan fingerprint density at radius 2 is 0.914 bits per heavy atom. The third-order valence-electron chi connectivity index (χ3n) is 8.73. The van der Waals surface area contributed by atoms with E-state index in [0.29, 0.717) is 131 Å². The van der Waals surface area contributed by atoms with E-state index < -0.39 is 0 Å². The number of piperidine rings is 1. The molecule has 1 fully saturated rings. The van der Waals surface area contributed by atoms with Gasteiger partial charge in [-0.05, 0) is 65.3 Å². The molecule has 0 unspecified atom stereocenters. The minimum Gasteiger partial charge on any atom is -0.463 e. The van der Waals surface area contributed by atoms with Crippen LogP contribution in [0.3, 0.4) is 0 Å². The number of nitrogens with zero attached hydrogens (tertiary/aromatic N) is 2. The van der Waals surface area contributed by atoms with Crippen LogP contribution in [0, 0.1) is 0 Å². The van der Waals surface area contributed by atoms with Crippen LogP contribution >= 0.6 is 0 Å². The van der Waals surface area contributed by atoms with E-state index in [4.69, 9.17) is 57.8 Å². The number of ether oxygens (including phenoxy) is 11. The van der Waals surface area contributed by atoms with E-state index >= 15 is 0 Å². The summed E-state index contributed by atoms with van der Waals surface area (Å²) in [4.78, 5) is 41.2. The standard InChI is InChI=1S/C40H78N4O14/c1-3-18-48-21-24-53-32-35-57-39(46)9-16-44(37-7-14-43(2)15-8-37)17-10-40(47)58-36-33-55-30-28-52-27-29-54-31-34-56-38(45)6-13-42-12-5-20-50-23-26-51-25-22-49-19-4-11-41/h37,42H,3-36,41H2,1-2H3. The maximum atomic E-state index is 12.5. The molecule has 0 spiro atoms. The fourth-order valence-electron chi connectivity index (χ4n) is 5.52. The first-order valence-electron chi connectivity index (χ1n) is 21.4. The maximum absolute atomic E-state index is 12.5. The van der Waals surface area contributed by atoms with Crippen molar-refractivity contribution in [3.8, 4) is 0 Å². The number of rotatable bonds is 43. The van der Waals surface area contributed by atoms with Crippen LogP contribution in [-0.2, 0) is 66.5 Å². The van der Waals surface area contributed by atoms with Crippen LogP contribution in [0.15, 0.2) is 0 Å². The SMILES string of the molecule is CCCOCCOCCOC(=O)CCN(CCC(=O)OCCOCCOCCOCCOC(=O)CCNCCCOCCOCCOCCCN)C1CCN(C)CC1. The molecule has 0 aromatic carbocycles. The second-order valence-corrected chi connectivity index (χ2v) is 13.6. The Kier molecular flexibility index (Phi) is 38.7. The van der Waals surface area contributed by atoms with E-state index in [1.807, 2.05) is 0 Å². The van der Waals surface area contributed by atoms with Crippen molar-refractivity contribution in [2.24, 2.45) is 5.73 Å². The van der Waals surface area contributed by atoms with Gasteiger partial charge >= 0.3 is 17.9 Å². The van der Waals surface area contributed by atoms with Gasteiger partial charge in [-0.3, -0.25) is 19.3 Å². The Morgan fingerprint density at radius 3 is 1.34 bits per heavy atom. The molecule has 1 aliphatic rings. The van der Waals surface area contributed by atoms with Gasteiger partial charge in [0.25, 0.3) is 0 Å². The molecule has 0 aliphatic carbocycles. The lowest BCUT2D eigenvalue weighted by molar-refractivity contribution is -0.146. The van der Waals surface area contributed by atoms with Crippen LogP contribution in [0.25, 0.3) is 0 Å². The van der Waals surface area contributed by atoms with Gasteiger partial charge in [0.15, 0.2) is 0 Å². The fraction of sp³-hybridized carbons (Fsp3) is 0.925. The van der Waals surface area contributed by atoms with Crippen LogP contribution < -0.4 is 11.1 Å². The maximum Gasteiger partial charge on any atom is 0.307 e. The number of likely N-dealkylation sites (tertiary alicyclic amines) is 1. The van der Waals surface area contributed by atoms with Gasteiger partial charge < -0.3 is 68.1 Å². The zero-order valence-electron chi connectivity index (χ0n) is 35.8. The predicted octanol–water partition coefficient (Wildman–Crippen LogP) is 1.05. The molecular formula is C40H78N4O14. The Labute approximate surface area is 347 Å². The van der Waals surface area contributed by atoms with Gasteiger partial charge in [0.1, 0.15) is 19.8 Å². The average molecular weight is 839 g/mol. The van der Waals surface area contributed by atoms with Crippen molar-refractivity contribution in [3.05, 3.63) is 0 Å². The molecule has 0 aromatic heterocycles. The van der Waals surface area contributed by atoms with Crippen LogP contribution in [0.4, 0.5) is 0 Å². The highest BCUT2D eigenvalue weighted by Gasteiger charge is 2.24. The van der Waals surface area contributed by atoms with E-state index in [1.54, 1.807) is 0 Å². The van der Waals surface area contributed by atoms with Crippen molar-refractivity contribution < 1.29 is 66.5 Å². The zero-order chi connectivity index (χ0) is 42.0. The minimum absolute atomic E-state index is 0.156. The molecule has 1 rings (SSSR count). The van der Waals surface area contributed by atoms with Gasteiger partial charge in [-0.15, -0.1) is 0 Å². The van der Waals surface area contributed by atoms with Crippen molar-refractivity contribution in [2.45, 2.75) is 64.3 Å². The first-order chi connectivity index (χ1) is 28.5. The summed E-state index contributed by atoms with van der Waals surface area (Å²) >= 11 is 0. The summed E-state index contributed by atoms with van der Waals surface area (Å²) in [7, 11) is 2.10. The predicted molar refractivity (Wildman–Crippen MR) is 217 cm³/mol. The lowest BCUT2D eigenvalue weighted by Crippen LogP contribution is -2.45. The van der Waals surface area contributed by atoms with E-state index in [1.165, 1.54) is 0 Å². The van der Waals surface area contributed by atoms with Crippen LogP contribution in [0.2, 0.25) is 0 Å². The summed E-state index contributed by atoms with van der Waals surface area (Å²) in [6, 6.07) is 0.302. The first-order valence-corrected chi connectivity index (χ1v) is 21.4. The number of hydrogen-bond donors (Lipinski definition) is 2. The van der Waals surface area contributed by atoms with E-state index in [0.717, 1.165) is 51.7 Å². The molecular weight excluding hydrogens is 760 g/mol. The van der Waals surface area contributed by atoms with Crippen molar-refractivity contribution in [2.75, 3.05) is 178 Å². The van der Waals surface area contributed by atoms with Crippen LogP contribution in [0.5, 0.6) is 0 Å². The number of carbonyl (C=O) groups excluding carboxylic acids is 3. The molecule has 0 bridgehead atoms. The van der Waals surface area contributed by atoms with Gasteiger partial charge in [0, 0.05) is 45.5 Å². The summed E-state index contributed by atoms with van der Waals surface area (Å²) < 4.78 is 59.5. The zero-order valence-corrected chi connectivity index (χ0v) is 35.8. The summed E-state index contributed by atoms with van der Waals surface area (Å²) in [6.07, 6.45) is 5.40. The second-order valence-electron chi connectivity index (χ2n) is 13.6. The molecule has 1 saturated heterocycles. The monoisotopic (exact) mass is 839 g/mol. The summed E-state index contributed by atoms with van der Waals surface area (Å²) in [5, 5.41) is 3.20. The minimum atomic E-state index is -0.299. The number of esters is 3. The van der Waals surface area contributed by atoms with Gasteiger partial charge in [0.2, 0.25) is 0 Å². The molecule has 18 nitrogen and oxygen atoms in total. The van der Waals surface area contributed by atoms with Crippen LogP contribution in [0.1, 0.15) is 58.3 Å².